The fourth-order valence-corrected chi connectivity index (χ4v) is 2.55. The highest BCUT2D eigenvalue weighted by molar-refractivity contribution is 6.35. The maximum absolute atomic E-state index is 13.9. The zero-order valence-corrected chi connectivity index (χ0v) is 16.7. The van der Waals surface area contributed by atoms with Gasteiger partial charge in [0.25, 0.3) is 0 Å². The van der Waals surface area contributed by atoms with Crippen LogP contribution in [0, 0.1) is 11.6 Å². The molecule has 0 saturated heterocycles. The first-order chi connectivity index (χ1) is 15.5. The van der Waals surface area contributed by atoms with Gasteiger partial charge in [0.2, 0.25) is 11.8 Å². The van der Waals surface area contributed by atoms with Crippen LogP contribution in [-0.2, 0) is 4.79 Å². The molecule has 3 aromatic heterocycles. The van der Waals surface area contributed by atoms with Crippen molar-refractivity contribution in [2.75, 3.05) is 5.32 Å². The lowest BCUT2D eigenvalue weighted by molar-refractivity contribution is -0.192. The fourth-order valence-electron chi connectivity index (χ4n) is 2.32. The van der Waals surface area contributed by atoms with E-state index < -0.39 is 23.8 Å². The summed E-state index contributed by atoms with van der Waals surface area (Å²) in [4.78, 5) is 24.3. The van der Waals surface area contributed by atoms with Gasteiger partial charge in [-0.15, -0.1) is 0 Å². The fraction of sp³-hybridized carbons (Fsp3) is 0.0526. The number of aromatic nitrogens is 4. The van der Waals surface area contributed by atoms with Crippen LogP contribution in [0.5, 0.6) is 11.6 Å². The molecular formula is C19H11ClF5N5O3. The molecule has 172 valence electrons. The van der Waals surface area contributed by atoms with Crippen LogP contribution in [0.3, 0.4) is 0 Å². The van der Waals surface area contributed by atoms with E-state index in [0.29, 0.717) is 21.7 Å². The maximum atomic E-state index is 13.9. The number of carboxylic acid groups (broad SMARTS) is 1. The third kappa shape index (κ3) is 6.04. The smallest absolute Gasteiger partial charge is 0.475 e. The number of ether oxygens (including phenoxy) is 1. The predicted molar refractivity (Wildman–Crippen MR) is 107 cm³/mol. The Morgan fingerprint density at radius 2 is 1.91 bits per heavy atom. The van der Waals surface area contributed by atoms with E-state index in [-0.39, 0.29) is 17.6 Å². The molecule has 0 saturated carbocycles. The number of hydrogen-bond acceptors (Lipinski definition) is 6. The van der Waals surface area contributed by atoms with Gasteiger partial charge in [0.1, 0.15) is 16.9 Å². The van der Waals surface area contributed by atoms with Crippen molar-refractivity contribution in [1.29, 1.82) is 0 Å². The van der Waals surface area contributed by atoms with Crippen molar-refractivity contribution >= 4 is 40.2 Å². The monoisotopic (exact) mass is 487 g/mol. The Hall–Kier alpha value is -4.00. The number of alkyl halides is 3. The summed E-state index contributed by atoms with van der Waals surface area (Å²) >= 11 is 6.15. The number of nitrogens with one attached hydrogen (secondary N) is 2. The Bertz CT molecular complexity index is 1280. The first-order valence-electron chi connectivity index (χ1n) is 8.69. The molecular weight excluding hydrogens is 477 g/mol. The second kappa shape index (κ2) is 9.65. The van der Waals surface area contributed by atoms with Crippen LogP contribution in [0.25, 0.3) is 11.0 Å². The van der Waals surface area contributed by atoms with Gasteiger partial charge in [-0.05, 0) is 24.3 Å². The molecule has 33 heavy (non-hydrogen) atoms. The summed E-state index contributed by atoms with van der Waals surface area (Å²) in [7, 11) is 0. The third-order valence-corrected chi connectivity index (χ3v) is 4.01. The van der Waals surface area contributed by atoms with E-state index in [4.69, 9.17) is 26.2 Å². The lowest BCUT2D eigenvalue weighted by Crippen LogP contribution is -2.21. The molecule has 1 aromatic carbocycles. The number of rotatable bonds is 4. The minimum atomic E-state index is -5.08. The molecule has 0 aliphatic carbocycles. The van der Waals surface area contributed by atoms with Crippen LogP contribution < -0.4 is 10.1 Å². The van der Waals surface area contributed by atoms with E-state index in [1.165, 1.54) is 12.3 Å². The Morgan fingerprint density at radius 1 is 1.18 bits per heavy atom. The van der Waals surface area contributed by atoms with Gasteiger partial charge in [-0.1, -0.05) is 11.6 Å². The number of aromatic amines is 1. The topological polar surface area (TPSA) is 113 Å². The minimum absolute atomic E-state index is 0.0261. The van der Waals surface area contributed by atoms with Crippen molar-refractivity contribution in [2.45, 2.75) is 6.18 Å². The standard InChI is InChI=1S/C17H10ClF2N5O.C2HF3O2/c18-11-8-22-15-14(11)16(26-13-4-3-9(19)6-12(13)20)25-17(24-15)23-10-2-1-5-21-7-10;3-2(4,5)1(6)7/h1-8H,(H2,22,23,24,25);(H,6,7). The Morgan fingerprint density at radius 3 is 2.52 bits per heavy atom. The minimum Gasteiger partial charge on any atom is -0.475 e. The Balaban J connectivity index is 0.000000383. The molecule has 0 unspecified atom stereocenters. The lowest BCUT2D eigenvalue weighted by atomic mass is 10.3. The van der Waals surface area contributed by atoms with Gasteiger partial charge in [-0.2, -0.15) is 23.1 Å². The van der Waals surface area contributed by atoms with Crippen LogP contribution in [0.1, 0.15) is 0 Å². The quantitative estimate of drug-likeness (QED) is 0.328. The highest BCUT2D eigenvalue weighted by atomic mass is 35.5. The predicted octanol–water partition coefficient (Wildman–Crippen LogP) is 5.45. The Kier molecular flexibility index (Phi) is 6.92. The van der Waals surface area contributed by atoms with Gasteiger partial charge < -0.3 is 20.1 Å². The molecule has 0 atom stereocenters. The number of halogens is 6. The Labute approximate surface area is 186 Å². The molecule has 0 aliphatic heterocycles. The van der Waals surface area contributed by atoms with Crippen LogP contribution >= 0.6 is 11.6 Å². The number of aliphatic carboxylic acids is 1. The summed E-state index contributed by atoms with van der Waals surface area (Å²) in [5, 5.41) is 10.8. The van der Waals surface area contributed by atoms with Crippen molar-refractivity contribution < 1.29 is 36.6 Å². The largest absolute Gasteiger partial charge is 0.490 e. The van der Waals surface area contributed by atoms with Crippen LogP contribution in [0.2, 0.25) is 5.02 Å². The van der Waals surface area contributed by atoms with Crippen molar-refractivity contribution in [2.24, 2.45) is 0 Å². The van der Waals surface area contributed by atoms with Crippen molar-refractivity contribution in [3.05, 3.63) is 65.6 Å². The van der Waals surface area contributed by atoms with Crippen LogP contribution in [0.15, 0.2) is 48.9 Å². The van der Waals surface area contributed by atoms with E-state index >= 15 is 0 Å². The van der Waals surface area contributed by atoms with Gasteiger partial charge >= 0.3 is 12.1 Å². The number of carbonyl (C=O) groups is 1. The number of pyridine rings is 1. The summed E-state index contributed by atoms with van der Waals surface area (Å²) in [5.74, 6) is -4.28. The number of H-pyrrole nitrogens is 1. The second-order valence-corrected chi connectivity index (χ2v) is 6.47. The molecule has 4 aromatic rings. The number of anilines is 2. The maximum Gasteiger partial charge on any atom is 0.490 e. The number of carboxylic acids is 1. The van der Waals surface area contributed by atoms with Crippen LogP contribution in [-0.4, -0.2) is 37.2 Å². The number of benzene rings is 1. The highest BCUT2D eigenvalue weighted by Crippen LogP contribution is 2.34. The van der Waals surface area contributed by atoms with Gasteiger partial charge in [0.05, 0.1) is 16.9 Å². The molecule has 14 heteroatoms. The highest BCUT2D eigenvalue weighted by Gasteiger charge is 2.38. The van der Waals surface area contributed by atoms with Crippen molar-refractivity contribution in [3.8, 4) is 11.6 Å². The number of fused-ring (bicyclic) bond motifs is 1. The van der Waals surface area contributed by atoms with Gasteiger partial charge in [-0.25, -0.2) is 13.6 Å². The number of hydrogen-bond donors (Lipinski definition) is 3. The summed E-state index contributed by atoms with van der Waals surface area (Å²) in [6.07, 6.45) is -0.343. The summed E-state index contributed by atoms with van der Waals surface area (Å²) < 4.78 is 64.3. The lowest BCUT2D eigenvalue weighted by Gasteiger charge is -2.10. The van der Waals surface area contributed by atoms with E-state index in [2.05, 4.69) is 25.3 Å². The molecule has 0 fully saturated rings. The third-order valence-electron chi connectivity index (χ3n) is 3.71. The molecule has 3 heterocycles. The van der Waals surface area contributed by atoms with E-state index in [0.717, 1.165) is 12.1 Å². The molecule has 3 N–H and O–H groups in total. The van der Waals surface area contributed by atoms with Gasteiger partial charge in [0.15, 0.2) is 11.6 Å². The van der Waals surface area contributed by atoms with E-state index in [1.54, 1.807) is 24.5 Å². The summed E-state index contributed by atoms with van der Waals surface area (Å²) in [6.45, 7) is 0. The van der Waals surface area contributed by atoms with E-state index in [9.17, 15) is 22.0 Å². The molecule has 0 aliphatic rings. The van der Waals surface area contributed by atoms with E-state index in [1.807, 2.05) is 0 Å². The SMILES string of the molecule is Fc1ccc(Oc2nc(Nc3cccnc3)nc3[nH]cc(Cl)c23)c(F)c1.O=C(O)C(F)(F)F. The molecule has 0 radical (unpaired) electrons. The van der Waals surface area contributed by atoms with Gasteiger partial charge in [0, 0.05) is 18.5 Å². The molecule has 8 nitrogen and oxygen atoms in total. The summed E-state index contributed by atoms with van der Waals surface area (Å²) in [5.41, 5.74) is 1.05. The van der Waals surface area contributed by atoms with Crippen molar-refractivity contribution in [1.82, 2.24) is 19.9 Å². The molecule has 4 rings (SSSR count). The molecule has 0 bridgehead atoms. The average molecular weight is 488 g/mol. The first kappa shape index (κ1) is 23.7. The van der Waals surface area contributed by atoms with Crippen LogP contribution in [0.4, 0.5) is 33.6 Å². The van der Waals surface area contributed by atoms with Crippen molar-refractivity contribution in [3.63, 3.8) is 0 Å². The van der Waals surface area contributed by atoms with Gasteiger partial charge in [-0.3, -0.25) is 4.98 Å². The zero-order valence-electron chi connectivity index (χ0n) is 16.0. The first-order valence-corrected chi connectivity index (χ1v) is 9.07. The number of nitrogens with zero attached hydrogens (tertiary/aromatic N) is 3. The second-order valence-electron chi connectivity index (χ2n) is 6.06. The zero-order chi connectivity index (χ0) is 24.2. The molecule has 0 spiro atoms. The normalized spacial score (nSPS) is 11.0. The average Bonchev–Trinajstić information content (AvgIpc) is 3.11. The molecule has 0 amide bonds. The summed E-state index contributed by atoms with van der Waals surface area (Å²) in [6, 6.07) is 6.51.